The van der Waals surface area contributed by atoms with E-state index in [1.54, 1.807) is 37.3 Å². The Morgan fingerprint density at radius 1 is 1.00 bits per heavy atom. The highest BCUT2D eigenvalue weighted by atomic mass is 32.2. The zero-order chi connectivity index (χ0) is 25.0. The number of aryl methyl sites for hydroxylation is 4. The van der Waals surface area contributed by atoms with Gasteiger partial charge in [0.2, 0.25) is 5.91 Å². The molecule has 1 aromatic heterocycles. The summed E-state index contributed by atoms with van der Waals surface area (Å²) in [5.41, 5.74) is 4.75. The number of hydrogen-bond donors (Lipinski definition) is 2. The highest BCUT2D eigenvalue weighted by Crippen LogP contribution is 2.26. The maximum absolute atomic E-state index is 13.1. The zero-order valence-electron chi connectivity index (χ0n) is 20.2. The standard InChI is InChI=1S/C27H30N4O3S/c1-4-17-31-25-8-6-5-7-23(25)29-27(31)16-12-21-10-13-22(14-11-21)30-35(33,34)26-18-19(2)9-15-24(26)28-20(3)32/h5-11,13-15,18,30H,4,12,16-17H2,1-3H3,(H,28,32). The second-order valence-corrected chi connectivity index (χ2v) is 10.3. The van der Waals surface area contributed by atoms with Crippen LogP contribution in [-0.4, -0.2) is 23.9 Å². The van der Waals surface area contributed by atoms with E-state index in [2.05, 4.69) is 27.6 Å². The van der Waals surface area contributed by atoms with Gasteiger partial charge in [-0.1, -0.05) is 37.3 Å². The van der Waals surface area contributed by atoms with Crippen LogP contribution in [0.2, 0.25) is 0 Å². The molecule has 0 saturated carbocycles. The summed E-state index contributed by atoms with van der Waals surface area (Å²) in [5, 5.41) is 2.59. The van der Waals surface area contributed by atoms with Gasteiger partial charge in [0.05, 0.1) is 16.7 Å². The Morgan fingerprint density at radius 2 is 1.74 bits per heavy atom. The number of nitrogens with one attached hydrogen (secondary N) is 2. The molecular formula is C27H30N4O3S. The van der Waals surface area contributed by atoms with Crippen molar-refractivity contribution in [3.63, 3.8) is 0 Å². The summed E-state index contributed by atoms with van der Waals surface area (Å²) in [7, 11) is -3.89. The van der Waals surface area contributed by atoms with Gasteiger partial charge in [-0.05, 0) is 67.3 Å². The number of para-hydroxylation sites is 2. The minimum atomic E-state index is -3.89. The van der Waals surface area contributed by atoms with E-state index in [-0.39, 0.29) is 16.5 Å². The lowest BCUT2D eigenvalue weighted by molar-refractivity contribution is -0.114. The quantitative estimate of drug-likeness (QED) is 0.333. The van der Waals surface area contributed by atoms with Crippen LogP contribution in [0.4, 0.5) is 11.4 Å². The van der Waals surface area contributed by atoms with Gasteiger partial charge in [0.15, 0.2) is 0 Å². The number of carbonyl (C=O) groups excluding carboxylic acids is 1. The fourth-order valence-corrected chi connectivity index (χ4v) is 5.45. The second-order valence-electron chi connectivity index (χ2n) is 8.65. The average molecular weight is 491 g/mol. The van der Waals surface area contributed by atoms with Crippen LogP contribution in [-0.2, 0) is 34.2 Å². The molecule has 182 valence electrons. The van der Waals surface area contributed by atoms with Gasteiger partial charge in [0.25, 0.3) is 10.0 Å². The SMILES string of the molecule is CCCn1c(CCc2ccc(NS(=O)(=O)c3cc(C)ccc3NC(C)=O)cc2)nc2ccccc21. The third-order valence-electron chi connectivity index (χ3n) is 5.76. The lowest BCUT2D eigenvalue weighted by atomic mass is 10.1. The predicted molar refractivity (Wildman–Crippen MR) is 140 cm³/mol. The molecule has 1 heterocycles. The number of benzene rings is 3. The van der Waals surface area contributed by atoms with Crippen molar-refractivity contribution in [2.45, 2.75) is 51.5 Å². The molecule has 4 rings (SSSR count). The Labute approximate surface area is 206 Å². The average Bonchev–Trinajstić information content (AvgIpc) is 3.17. The van der Waals surface area contributed by atoms with Crippen LogP contribution < -0.4 is 10.0 Å². The molecule has 1 amide bonds. The highest BCUT2D eigenvalue weighted by Gasteiger charge is 2.20. The molecule has 0 aliphatic rings. The molecule has 7 nitrogen and oxygen atoms in total. The fourth-order valence-electron chi connectivity index (χ4n) is 4.14. The first-order valence-corrected chi connectivity index (χ1v) is 13.2. The topological polar surface area (TPSA) is 93.1 Å². The van der Waals surface area contributed by atoms with Crippen molar-refractivity contribution in [3.8, 4) is 0 Å². The van der Waals surface area contributed by atoms with E-state index in [0.717, 1.165) is 53.8 Å². The van der Waals surface area contributed by atoms with Crippen molar-refractivity contribution in [2.24, 2.45) is 0 Å². The van der Waals surface area contributed by atoms with Crippen molar-refractivity contribution in [3.05, 3.63) is 83.7 Å². The number of anilines is 2. The molecule has 0 radical (unpaired) electrons. The minimum absolute atomic E-state index is 0.0339. The molecule has 0 aliphatic heterocycles. The van der Waals surface area contributed by atoms with Gasteiger partial charge in [-0.3, -0.25) is 9.52 Å². The Morgan fingerprint density at radius 3 is 2.46 bits per heavy atom. The number of aromatic nitrogens is 2. The number of nitrogens with zero attached hydrogens (tertiary/aromatic N) is 2. The molecule has 4 aromatic rings. The first-order chi connectivity index (χ1) is 16.8. The normalized spacial score (nSPS) is 11.5. The predicted octanol–water partition coefficient (Wildman–Crippen LogP) is 5.30. The molecule has 0 saturated heterocycles. The van der Waals surface area contributed by atoms with Crippen LogP contribution in [0.1, 0.15) is 37.2 Å². The molecule has 35 heavy (non-hydrogen) atoms. The molecule has 3 aromatic carbocycles. The number of amides is 1. The lowest BCUT2D eigenvalue weighted by Gasteiger charge is -2.14. The van der Waals surface area contributed by atoms with Crippen molar-refractivity contribution >= 4 is 38.3 Å². The molecule has 0 unspecified atom stereocenters. The van der Waals surface area contributed by atoms with Crippen LogP contribution in [0.15, 0.2) is 71.6 Å². The van der Waals surface area contributed by atoms with Gasteiger partial charge in [0.1, 0.15) is 10.7 Å². The van der Waals surface area contributed by atoms with Crippen molar-refractivity contribution in [1.29, 1.82) is 0 Å². The van der Waals surface area contributed by atoms with Gasteiger partial charge in [0, 0.05) is 25.6 Å². The summed E-state index contributed by atoms with van der Waals surface area (Å²) >= 11 is 0. The zero-order valence-corrected chi connectivity index (χ0v) is 21.0. The lowest BCUT2D eigenvalue weighted by Crippen LogP contribution is -2.17. The third-order valence-corrected chi connectivity index (χ3v) is 7.18. The van der Waals surface area contributed by atoms with Gasteiger partial charge in [-0.2, -0.15) is 0 Å². The van der Waals surface area contributed by atoms with Crippen molar-refractivity contribution in [2.75, 3.05) is 10.0 Å². The Hall–Kier alpha value is -3.65. The largest absolute Gasteiger partial charge is 0.328 e. The second kappa shape index (κ2) is 10.3. The number of carbonyl (C=O) groups is 1. The van der Waals surface area contributed by atoms with Crippen LogP contribution in [0, 0.1) is 6.92 Å². The summed E-state index contributed by atoms with van der Waals surface area (Å²) in [4.78, 5) is 16.4. The first-order valence-electron chi connectivity index (χ1n) is 11.7. The van der Waals surface area contributed by atoms with Gasteiger partial charge >= 0.3 is 0 Å². The number of hydrogen-bond acceptors (Lipinski definition) is 4. The van der Waals surface area contributed by atoms with E-state index >= 15 is 0 Å². The molecule has 0 spiro atoms. The summed E-state index contributed by atoms with van der Waals surface area (Å²) in [6, 6.07) is 20.5. The molecule has 0 atom stereocenters. The summed E-state index contributed by atoms with van der Waals surface area (Å²) in [5.74, 6) is 0.727. The van der Waals surface area contributed by atoms with Crippen molar-refractivity contribution in [1.82, 2.24) is 9.55 Å². The van der Waals surface area contributed by atoms with Crippen LogP contribution in [0.25, 0.3) is 11.0 Å². The maximum Gasteiger partial charge on any atom is 0.263 e. The van der Waals surface area contributed by atoms with E-state index in [9.17, 15) is 13.2 Å². The maximum atomic E-state index is 13.1. The van der Waals surface area contributed by atoms with Crippen LogP contribution in [0.5, 0.6) is 0 Å². The fraction of sp³-hybridized carbons (Fsp3) is 0.259. The van der Waals surface area contributed by atoms with Gasteiger partial charge < -0.3 is 9.88 Å². The van der Waals surface area contributed by atoms with Crippen LogP contribution >= 0.6 is 0 Å². The van der Waals surface area contributed by atoms with E-state index in [0.29, 0.717) is 5.69 Å². The number of fused-ring (bicyclic) bond motifs is 1. The number of sulfonamides is 1. The molecular weight excluding hydrogens is 460 g/mol. The first kappa shape index (κ1) is 24.5. The molecule has 0 aliphatic carbocycles. The summed E-state index contributed by atoms with van der Waals surface area (Å²) in [6.07, 6.45) is 2.63. The highest BCUT2D eigenvalue weighted by molar-refractivity contribution is 7.92. The smallest absolute Gasteiger partial charge is 0.263 e. The Bertz CT molecular complexity index is 1460. The monoisotopic (exact) mass is 490 g/mol. The third kappa shape index (κ3) is 5.71. The van der Waals surface area contributed by atoms with E-state index in [1.165, 1.54) is 6.92 Å². The molecule has 0 bridgehead atoms. The molecule has 8 heteroatoms. The number of rotatable bonds is 9. The van der Waals surface area contributed by atoms with Crippen molar-refractivity contribution < 1.29 is 13.2 Å². The molecule has 2 N–H and O–H groups in total. The molecule has 0 fully saturated rings. The minimum Gasteiger partial charge on any atom is -0.328 e. The Kier molecular flexibility index (Phi) is 7.21. The van der Waals surface area contributed by atoms with E-state index < -0.39 is 10.0 Å². The number of imidazole rings is 1. The van der Waals surface area contributed by atoms with Gasteiger partial charge in [-0.15, -0.1) is 0 Å². The Balaban J connectivity index is 1.49. The summed E-state index contributed by atoms with van der Waals surface area (Å²) < 4.78 is 31.0. The van der Waals surface area contributed by atoms with E-state index in [1.807, 2.05) is 30.3 Å². The van der Waals surface area contributed by atoms with E-state index in [4.69, 9.17) is 4.98 Å². The van der Waals surface area contributed by atoms with Gasteiger partial charge in [-0.25, -0.2) is 13.4 Å². The summed E-state index contributed by atoms with van der Waals surface area (Å²) in [6.45, 7) is 6.24. The van der Waals surface area contributed by atoms with Crippen LogP contribution in [0.3, 0.4) is 0 Å².